The molecule has 1 atom stereocenters. The average Bonchev–Trinajstić information content (AvgIpc) is 2.83. The lowest BCUT2D eigenvalue weighted by Gasteiger charge is -2.10. The van der Waals surface area contributed by atoms with Gasteiger partial charge < -0.3 is 10.4 Å². The van der Waals surface area contributed by atoms with Gasteiger partial charge in [-0.15, -0.1) is 0 Å². The molecule has 0 aromatic carbocycles. The van der Waals surface area contributed by atoms with Crippen molar-refractivity contribution in [1.29, 1.82) is 0 Å². The van der Waals surface area contributed by atoms with Gasteiger partial charge in [0.2, 0.25) is 0 Å². The summed E-state index contributed by atoms with van der Waals surface area (Å²) in [5, 5.41) is 12.4. The summed E-state index contributed by atoms with van der Waals surface area (Å²) in [6.07, 6.45) is 1.53. The van der Waals surface area contributed by atoms with Crippen LogP contribution in [0, 0.1) is 0 Å². The predicted molar refractivity (Wildman–Crippen MR) is 51.4 cm³/mol. The standard InChI is InChI=1S/C8H17NO3S/c1-2-13(11,12)6-8(10)5-9-7-3-4-7/h7-10H,2-6H2,1H3. The summed E-state index contributed by atoms with van der Waals surface area (Å²) in [5.74, 6) is -0.0172. The van der Waals surface area contributed by atoms with Gasteiger partial charge in [0.05, 0.1) is 11.9 Å². The quantitative estimate of drug-likeness (QED) is 0.618. The zero-order chi connectivity index (χ0) is 9.90. The van der Waals surface area contributed by atoms with Crippen molar-refractivity contribution in [2.24, 2.45) is 0 Å². The highest BCUT2D eigenvalue weighted by Crippen LogP contribution is 2.18. The molecule has 13 heavy (non-hydrogen) atoms. The van der Waals surface area contributed by atoms with E-state index in [1.807, 2.05) is 0 Å². The van der Waals surface area contributed by atoms with Gasteiger partial charge >= 0.3 is 0 Å². The van der Waals surface area contributed by atoms with Crippen molar-refractivity contribution in [3.05, 3.63) is 0 Å². The Bertz CT molecular complexity index is 246. The lowest BCUT2D eigenvalue weighted by atomic mass is 10.4. The van der Waals surface area contributed by atoms with Crippen LogP contribution in [0.25, 0.3) is 0 Å². The Balaban J connectivity index is 2.19. The lowest BCUT2D eigenvalue weighted by Crippen LogP contribution is -2.34. The first-order valence-electron chi connectivity index (χ1n) is 4.65. The number of aliphatic hydroxyl groups is 1. The molecule has 1 unspecified atom stereocenters. The van der Waals surface area contributed by atoms with Gasteiger partial charge in [0.25, 0.3) is 0 Å². The molecule has 2 N–H and O–H groups in total. The molecule has 0 radical (unpaired) electrons. The fourth-order valence-electron chi connectivity index (χ4n) is 1.06. The molecule has 0 aromatic rings. The third-order valence-electron chi connectivity index (χ3n) is 2.11. The molecule has 1 saturated carbocycles. The van der Waals surface area contributed by atoms with Crippen LogP contribution in [0.5, 0.6) is 0 Å². The van der Waals surface area contributed by atoms with Crippen LogP contribution in [-0.4, -0.2) is 43.7 Å². The second-order valence-corrected chi connectivity index (χ2v) is 5.93. The number of sulfone groups is 1. The molecular formula is C8H17NO3S. The number of nitrogens with one attached hydrogen (secondary N) is 1. The van der Waals surface area contributed by atoms with Crippen molar-refractivity contribution in [2.75, 3.05) is 18.1 Å². The summed E-state index contributed by atoms with van der Waals surface area (Å²) in [4.78, 5) is 0. The molecular weight excluding hydrogens is 190 g/mol. The van der Waals surface area contributed by atoms with E-state index < -0.39 is 15.9 Å². The van der Waals surface area contributed by atoms with E-state index in [-0.39, 0.29) is 11.5 Å². The van der Waals surface area contributed by atoms with E-state index in [1.54, 1.807) is 6.92 Å². The van der Waals surface area contributed by atoms with Crippen molar-refractivity contribution in [3.63, 3.8) is 0 Å². The zero-order valence-electron chi connectivity index (χ0n) is 7.86. The summed E-state index contributed by atoms with van der Waals surface area (Å²) in [7, 11) is -3.04. The average molecular weight is 207 g/mol. The molecule has 0 heterocycles. The van der Waals surface area contributed by atoms with E-state index in [4.69, 9.17) is 0 Å². The number of aliphatic hydroxyl groups excluding tert-OH is 1. The highest BCUT2D eigenvalue weighted by molar-refractivity contribution is 7.91. The van der Waals surface area contributed by atoms with Crippen LogP contribution in [0.1, 0.15) is 19.8 Å². The van der Waals surface area contributed by atoms with Crippen LogP contribution in [-0.2, 0) is 9.84 Å². The van der Waals surface area contributed by atoms with Crippen LogP contribution in [0.3, 0.4) is 0 Å². The third-order valence-corrected chi connectivity index (χ3v) is 3.88. The first-order chi connectivity index (χ1) is 6.03. The third kappa shape index (κ3) is 4.59. The van der Waals surface area contributed by atoms with Gasteiger partial charge in [0, 0.05) is 18.3 Å². The Morgan fingerprint density at radius 2 is 2.15 bits per heavy atom. The van der Waals surface area contributed by atoms with Gasteiger partial charge in [-0.3, -0.25) is 0 Å². The van der Waals surface area contributed by atoms with Gasteiger partial charge in [-0.05, 0) is 12.8 Å². The maximum absolute atomic E-state index is 11.1. The highest BCUT2D eigenvalue weighted by Gasteiger charge is 2.22. The Morgan fingerprint density at radius 3 is 2.62 bits per heavy atom. The lowest BCUT2D eigenvalue weighted by molar-refractivity contribution is 0.193. The minimum absolute atomic E-state index is 0.105. The molecule has 0 aliphatic heterocycles. The molecule has 0 bridgehead atoms. The second-order valence-electron chi connectivity index (χ2n) is 3.54. The smallest absolute Gasteiger partial charge is 0.152 e. The normalized spacial score (nSPS) is 20.2. The van der Waals surface area contributed by atoms with Crippen LogP contribution in [0.2, 0.25) is 0 Å². The molecule has 1 aliphatic rings. The van der Waals surface area contributed by atoms with E-state index >= 15 is 0 Å². The summed E-state index contributed by atoms with van der Waals surface area (Å²) in [5.41, 5.74) is 0. The SMILES string of the molecule is CCS(=O)(=O)CC(O)CNC1CC1. The maximum Gasteiger partial charge on any atom is 0.152 e. The summed E-state index contributed by atoms with van der Waals surface area (Å²) in [6, 6.07) is 0.513. The Labute approximate surface area is 79.3 Å². The van der Waals surface area contributed by atoms with Crippen LogP contribution < -0.4 is 5.32 Å². The minimum Gasteiger partial charge on any atom is -0.391 e. The topological polar surface area (TPSA) is 66.4 Å². The van der Waals surface area contributed by atoms with Gasteiger partial charge in [-0.25, -0.2) is 8.42 Å². The number of rotatable bonds is 6. The molecule has 1 aliphatic carbocycles. The minimum atomic E-state index is -3.04. The van der Waals surface area contributed by atoms with Crippen LogP contribution in [0.15, 0.2) is 0 Å². The van der Waals surface area contributed by atoms with Crippen LogP contribution in [0.4, 0.5) is 0 Å². The Kier molecular flexibility index (Phi) is 3.70. The molecule has 78 valence electrons. The largest absolute Gasteiger partial charge is 0.391 e. The zero-order valence-corrected chi connectivity index (χ0v) is 8.68. The first-order valence-corrected chi connectivity index (χ1v) is 6.47. The molecule has 0 amide bonds. The molecule has 0 saturated heterocycles. The molecule has 5 heteroatoms. The summed E-state index contributed by atoms with van der Waals surface area (Å²) < 4.78 is 22.2. The van der Waals surface area contributed by atoms with E-state index in [2.05, 4.69) is 5.32 Å². The van der Waals surface area contributed by atoms with Gasteiger partial charge in [0.1, 0.15) is 0 Å². The van der Waals surface area contributed by atoms with E-state index in [0.29, 0.717) is 12.6 Å². The van der Waals surface area contributed by atoms with Crippen molar-refractivity contribution in [3.8, 4) is 0 Å². The molecule has 1 fully saturated rings. The Hall–Kier alpha value is -0.130. The molecule has 0 spiro atoms. The highest BCUT2D eigenvalue weighted by atomic mass is 32.2. The first kappa shape index (κ1) is 10.9. The molecule has 0 aromatic heterocycles. The van der Waals surface area contributed by atoms with Crippen molar-refractivity contribution >= 4 is 9.84 Å². The fourth-order valence-corrected chi connectivity index (χ4v) is 2.00. The van der Waals surface area contributed by atoms with Crippen LogP contribution >= 0.6 is 0 Å². The monoisotopic (exact) mass is 207 g/mol. The summed E-state index contributed by atoms with van der Waals surface area (Å²) >= 11 is 0. The van der Waals surface area contributed by atoms with Gasteiger partial charge in [0.15, 0.2) is 9.84 Å². The van der Waals surface area contributed by atoms with Crippen molar-refractivity contribution in [1.82, 2.24) is 5.32 Å². The predicted octanol–water partition coefficient (Wildman–Crippen LogP) is -0.466. The maximum atomic E-state index is 11.1. The fraction of sp³-hybridized carbons (Fsp3) is 1.00. The van der Waals surface area contributed by atoms with E-state index in [9.17, 15) is 13.5 Å². The van der Waals surface area contributed by atoms with Gasteiger partial charge in [-0.2, -0.15) is 0 Å². The van der Waals surface area contributed by atoms with E-state index in [0.717, 1.165) is 12.8 Å². The number of hydrogen-bond donors (Lipinski definition) is 2. The van der Waals surface area contributed by atoms with E-state index in [1.165, 1.54) is 0 Å². The van der Waals surface area contributed by atoms with Gasteiger partial charge in [-0.1, -0.05) is 6.92 Å². The van der Waals surface area contributed by atoms with Crippen molar-refractivity contribution in [2.45, 2.75) is 31.9 Å². The van der Waals surface area contributed by atoms with Crippen molar-refractivity contribution < 1.29 is 13.5 Å². The Morgan fingerprint density at radius 1 is 1.54 bits per heavy atom. The molecule has 4 nitrogen and oxygen atoms in total. The molecule has 1 rings (SSSR count). The second kappa shape index (κ2) is 4.39. The number of hydrogen-bond acceptors (Lipinski definition) is 4. The summed E-state index contributed by atoms with van der Waals surface area (Å²) in [6.45, 7) is 1.99.